The smallest absolute Gasteiger partial charge is 0.302 e. The largest absolute Gasteiger partial charge is 0.472 e. The van der Waals surface area contributed by atoms with Gasteiger partial charge in [0.1, 0.15) is 0 Å². The van der Waals surface area contributed by atoms with E-state index in [4.69, 9.17) is 9.05 Å². The van der Waals surface area contributed by atoms with Gasteiger partial charge in [0.15, 0.2) is 0 Å². The van der Waals surface area contributed by atoms with Gasteiger partial charge < -0.3 is 4.89 Å². The van der Waals surface area contributed by atoms with Crippen molar-refractivity contribution in [1.82, 2.24) is 0 Å². The van der Waals surface area contributed by atoms with Crippen LogP contribution < -0.4 is 0 Å². The van der Waals surface area contributed by atoms with Crippen LogP contribution >= 0.6 is 7.82 Å². The molecule has 0 aromatic carbocycles. The van der Waals surface area contributed by atoms with Gasteiger partial charge in [-0.3, -0.25) is 9.05 Å². The summed E-state index contributed by atoms with van der Waals surface area (Å²) >= 11 is 0. The molecule has 1 N–H and O–H groups in total. The van der Waals surface area contributed by atoms with Gasteiger partial charge in [0, 0.05) is 0 Å². The molecule has 0 rings (SSSR count). The second-order valence-corrected chi connectivity index (χ2v) is 11.1. The normalized spacial score (nSPS) is 13.7. The van der Waals surface area contributed by atoms with Crippen molar-refractivity contribution < 1.29 is 18.5 Å². The van der Waals surface area contributed by atoms with Gasteiger partial charge >= 0.3 is 7.82 Å². The summed E-state index contributed by atoms with van der Waals surface area (Å²) in [6, 6.07) is 0. The Bertz CT molecular complexity index is 401. The maximum Gasteiger partial charge on any atom is 0.472 e. The lowest BCUT2D eigenvalue weighted by atomic mass is 10.0. The summed E-state index contributed by atoms with van der Waals surface area (Å²) in [6.45, 7) is 7.33. The summed E-state index contributed by atoms with van der Waals surface area (Å²) in [5.41, 5.74) is 0. The third-order valence-electron chi connectivity index (χ3n) is 5.93. The van der Waals surface area contributed by atoms with Gasteiger partial charge in [0.05, 0.1) is 13.2 Å². The molecule has 1 atom stereocenters. The van der Waals surface area contributed by atoms with E-state index in [9.17, 15) is 9.46 Å². The van der Waals surface area contributed by atoms with E-state index >= 15 is 0 Å². The topological polar surface area (TPSA) is 55.8 Å². The predicted octanol–water partition coefficient (Wildman–Crippen LogP) is 9.60. The number of phosphoric ester groups is 1. The quantitative estimate of drug-likeness (QED) is 0.108. The van der Waals surface area contributed by atoms with Crippen LogP contribution in [0.3, 0.4) is 0 Å². The molecule has 0 aliphatic carbocycles. The van der Waals surface area contributed by atoms with E-state index in [1.54, 1.807) is 0 Å². The van der Waals surface area contributed by atoms with Crippen molar-refractivity contribution in [2.45, 2.75) is 149 Å². The molecule has 0 aromatic heterocycles. The maximum absolute atomic E-state index is 11.8. The van der Waals surface area contributed by atoms with Crippen molar-refractivity contribution in [3.63, 3.8) is 0 Å². The van der Waals surface area contributed by atoms with Crippen molar-refractivity contribution >= 4 is 7.82 Å². The van der Waals surface area contributed by atoms with Crippen LogP contribution in [0, 0.1) is 5.92 Å². The molecule has 0 aromatic rings. The van der Waals surface area contributed by atoms with Crippen molar-refractivity contribution in [2.24, 2.45) is 5.92 Å². The average molecular weight is 463 g/mol. The minimum atomic E-state index is -3.85. The van der Waals surface area contributed by atoms with Crippen LogP contribution in [0.15, 0.2) is 0 Å². The van der Waals surface area contributed by atoms with Gasteiger partial charge in [-0.25, -0.2) is 4.57 Å². The first-order valence-corrected chi connectivity index (χ1v) is 15.1. The lowest BCUT2D eigenvalue weighted by Gasteiger charge is -2.12. The van der Waals surface area contributed by atoms with Crippen molar-refractivity contribution in [3.05, 3.63) is 0 Å². The Hall–Kier alpha value is 0.110. The second kappa shape index (κ2) is 23.3. The number of phosphoric acid groups is 1. The second-order valence-electron chi connectivity index (χ2n) is 9.68. The molecule has 0 aliphatic rings. The Balaban J connectivity index is 3.26. The standard InChI is InChI=1S/C26H55O4P/c1-4-5-6-7-8-9-10-11-12-13-14-15-16-17-18-21-24-29-31(27,28)30-25-22-19-20-23-26(2)3/h26H,4-25H2,1-3H3,(H,27,28). The summed E-state index contributed by atoms with van der Waals surface area (Å²) < 4.78 is 22.0. The highest BCUT2D eigenvalue weighted by Gasteiger charge is 2.19. The fourth-order valence-corrected chi connectivity index (χ4v) is 4.67. The van der Waals surface area contributed by atoms with E-state index in [-0.39, 0.29) is 0 Å². The van der Waals surface area contributed by atoms with Crippen LogP contribution in [-0.4, -0.2) is 18.1 Å². The minimum absolute atomic E-state index is 0.310. The van der Waals surface area contributed by atoms with Crippen molar-refractivity contribution in [2.75, 3.05) is 13.2 Å². The summed E-state index contributed by atoms with van der Waals surface area (Å²) in [7, 11) is -3.85. The molecule has 0 saturated heterocycles. The van der Waals surface area contributed by atoms with Crippen LogP contribution in [-0.2, 0) is 13.6 Å². The number of rotatable bonds is 25. The highest BCUT2D eigenvalue weighted by molar-refractivity contribution is 7.47. The zero-order valence-electron chi connectivity index (χ0n) is 21.3. The lowest BCUT2D eigenvalue weighted by Crippen LogP contribution is -1.99. The predicted molar refractivity (Wildman–Crippen MR) is 135 cm³/mol. The zero-order valence-corrected chi connectivity index (χ0v) is 22.1. The Morgan fingerprint density at radius 3 is 1.26 bits per heavy atom. The van der Waals surface area contributed by atoms with Gasteiger partial charge in [0.2, 0.25) is 0 Å². The molecule has 0 fully saturated rings. The van der Waals surface area contributed by atoms with Crippen LogP contribution in [0.5, 0.6) is 0 Å². The SMILES string of the molecule is CCCCCCCCCCCCCCCCCCOP(=O)(O)OCCCCCC(C)C. The molecular weight excluding hydrogens is 407 g/mol. The van der Waals surface area contributed by atoms with Crippen LogP contribution in [0.25, 0.3) is 0 Å². The molecule has 0 spiro atoms. The van der Waals surface area contributed by atoms with E-state index in [1.807, 2.05) is 0 Å². The molecule has 0 amide bonds. The van der Waals surface area contributed by atoms with Crippen LogP contribution in [0.2, 0.25) is 0 Å². The molecule has 0 bridgehead atoms. The highest BCUT2D eigenvalue weighted by Crippen LogP contribution is 2.43. The van der Waals surface area contributed by atoms with Gasteiger partial charge in [-0.1, -0.05) is 136 Å². The third kappa shape index (κ3) is 26.2. The fourth-order valence-electron chi connectivity index (χ4n) is 3.88. The molecule has 4 nitrogen and oxygen atoms in total. The number of hydrogen-bond donors (Lipinski definition) is 1. The Morgan fingerprint density at radius 1 is 0.581 bits per heavy atom. The van der Waals surface area contributed by atoms with Gasteiger partial charge in [-0.15, -0.1) is 0 Å². The van der Waals surface area contributed by atoms with Gasteiger partial charge in [0.25, 0.3) is 0 Å². The maximum atomic E-state index is 11.8. The van der Waals surface area contributed by atoms with Crippen LogP contribution in [0.1, 0.15) is 149 Å². The molecule has 5 heteroatoms. The van der Waals surface area contributed by atoms with Crippen LogP contribution in [0.4, 0.5) is 0 Å². The van der Waals surface area contributed by atoms with E-state index in [1.165, 1.54) is 96.3 Å². The molecule has 0 saturated carbocycles. The van der Waals surface area contributed by atoms with E-state index < -0.39 is 7.82 Å². The summed E-state index contributed by atoms with van der Waals surface area (Å²) in [5, 5.41) is 0. The third-order valence-corrected chi connectivity index (χ3v) is 6.95. The lowest BCUT2D eigenvalue weighted by molar-refractivity contribution is 0.145. The first-order chi connectivity index (χ1) is 15.0. The summed E-state index contributed by atoms with van der Waals surface area (Å²) in [4.78, 5) is 9.70. The first-order valence-electron chi connectivity index (χ1n) is 13.6. The summed E-state index contributed by atoms with van der Waals surface area (Å²) in [5.74, 6) is 0.716. The van der Waals surface area contributed by atoms with Crippen molar-refractivity contribution in [3.8, 4) is 0 Å². The van der Waals surface area contributed by atoms with Gasteiger partial charge in [-0.05, 0) is 18.8 Å². The van der Waals surface area contributed by atoms with E-state index in [0.29, 0.717) is 19.1 Å². The molecule has 0 radical (unpaired) electrons. The molecular formula is C26H55O4P. The first kappa shape index (κ1) is 31.1. The highest BCUT2D eigenvalue weighted by atomic mass is 31.2. The molecule has 0 aliphatic heterocycles. The van der Waals surface area contributed by atoms with Crippen molar-refractivity contribution in [1.29, 1.82) is 0 Å². The Labute approximate surface area is 194 Å². The molecule has 31 heavy (non-hydrogen) atoms. The number of hydrogen-bond acceptors (Lipinski definition) is 3. The zero-order chi connectivity index (χ0) is 23.0. The Kier molecular flexibility index (Phi) is 23.4. The van der Waals surface area contributed by atoms with E-state index in [2.05, 4.69) is 20.8 Å². The molecule has 188 valence electrons. The molecule has 1 unspecified atom stereocenters. The minimum Gasteiger partial charge on any atom is -0.302 e. The van der Waals surface area contributed by atoms with Gasteiger partial charge in [-0.2, -0.15) is 0 Å². The summed E-state index contributed by atoms with van der Waals surface area (Å²) in [6.07, 6.45) is 25.3. The molecule has 0 heterocycles. The van der Waals surface area contributed by atoms with E-state index in [0.717, 1.165) is 32.1 Å². The number of unbranched alkanes of at least 4 members (excludes halogenated alkanes) is 17. The Morgan fingerprint density at radius 2 is 0.903 bits per heavy atom. The fraction of sp³-hybridized carbons (Fsp3) is 1.00. The monoisotopic (exact) mass is 462 g/mol. The average Bonchev–Trinajstić information content (AvgIpc) is 2.72.